The summed E-state index contributed by atoms with van der Waals surface area (Å²) in [7, 11) is 1.89. The van der Waals surface area contributed by atoms with E-state index in [1.165, 1.54) is 17.7 Å². The predicted molar refractivity (Wildman–Crippen MR) is 109 cm³/mol. The van der Waals surface area contributed by atoms with Crippen LogP contribution in [0.1, 0.15) is 24.1 Å². The van der Waals surface area contributed by atoms with Crippen LogP contribution in [0.2, 0.25) is 0 Å². The molecule has 28 heavy (non-hydrogen) atoms. The van der Waals surface area contributed by atoms with Gasteiger partial charge in [-0.3, -0.25) is 14.6 Å². The Morgan fingerprint density at radius 2 is 1.79 bits per heavy atom. The van der Waals surface area contributed by atoms with Crippen LogP contribution < -0.4 is 5.32 Å². The molecule has 0 aromatic heterocycles. The van der Waals surface area contributed by atoms with Crippen LogP contribution in [0.5, 0.6) is 0 Å². The number of morpholine rings is 1. The molecule has 3 rings (SSSR count). The monoisotopic (exact) mass is 385 g/mol. The summed E-state index contributed by atoms with van der Waals surface area (Å²) in [5.41, 5.74) is 2.99. The highest BCUT2D eigenvalue weighted by Gasteiger charge is 2.15. The summed E-state index contributed by atoms with van der Waals surface area (Å²) in [5, 5.41) is 2.94. The number of likely N-dealkylation sites (N-methyl/N-ethyl adjacent to an activating group) is 1. The van der Waals surface area contributed by atoms with Gasteiger partial charge in [0, 0.05) is 31.4 Å². The van der Waals surface area contributed by atoms with Gasteiger partial charge in [-0.25, -0.2) is 4.39 Å². The maximum Gasteiger partial charge on any atom is 0.238 e. The predicted octanol–water partition coefficient (Wildman–Crippen LogP) is 3.29. The summed E-state index contributed by atoms with van der Waals surface area (Å²) in [4.78, 5) is 16.7. The Bertz CT molecular complexity index is 758. The summed E-state index contributed by atoms with van der Waals surface area (Å²) in [6.07, 6.45) is 0. The summed E-state index contributed by atoms with van der Waals surface area (Å²) in [6, 6.07) is 14.4. The molecule has 0 spiro atoms. The Morgan fingerprint density at radius 1 is 1.14 bits per heavy atom. The van der Waals surface area contributed by atoms with Crippen LogP contribution in [-0.4, -0.2) is 55.6 Å². The van der Waals surface area contributed by atoms with Gasteiger partial charge in [-0.15, -0.1) is 0 Å². The zero-order chi connectivity index (χ0) is 19.9. The minimum atomic E-state index is -0.256. The van der Waals surface area contributed by atoms with Crippen molar-refractivity contribution in [2.24, 2.45) is 0 Å². The Labute approximate surface area is 166 Å². The van der Waals surface area contributed by atoms with E-state index in [1.54, 1.807) is 12.1 Å². The van der Waals surface area contributed by atoms with Gasteiger partial charge in [-0.1, -0.05) is 24.3 Å². The van der Waals surface area contributed by atoms with Crippen molar-refractivity contribution in [1.82, 2.24) is 9.80 Å². The van der Waals surface area contributed by atoms with Crippen LogP contribution in [0.15, 0.2) is 48.5 Å². The average Bonchev–Trinajstić information content (AvgIpc) is 2.70. The first kappa shape index (κ1) is 20.5. The molecule has 150 valence electrons. The zero-order valence-corrected chi connectivity index (χ0v) is 16.5. The van der Waals surface area contributed by atoms with E-state index in [0.717, 1.165) is 44.1 Å². The first-order chi connectivity index (χ1) is 13.5. The third kappa shape index (κ3) is 5.86. The van der Waals surface area contributed by atoms with Gasteiger partial charge >= 0.3 is 0 Å². The number of hydrogen-bond donors (Lipinski definition) is 1. The molecule has 1 saturated heterocycles. The van der Waals surface area contributed by atoms with Crippen molar-refractivity contribution in [2.75, 3.05) is 45.2 Å². The maximum absolute atomic E-state index is 13.1. The second-order valence-corrected chi connectivity index (χ2v) is 7.28. The van der Waals surface area contributed by atoms with E-state index < -0.39 is 0 Å². The zero-order valence-electron chi connectivity index (χ0n) is 16.5. The number of carbonyl (C=O) groups is 1. The fraction of sp³-hybridized carbons (Fsp3) is 0.409. The van der Waals surface area contributed by atoms with E-state index in [9.17, 15) is 9.18 Å². The smallest absolute Gasteiger partial charge is 0.238 e. The molecule has 1 aliphatic rings. The molecule has 1 fully saturated rings. The molecule has 1 aliphatic heterocycles. The maximum atomic E-state index is 13.1. The third-order valence-electron chi connectivity index (χ3n) is 5.15. The highest BCUT2D eigenvalue weighted by atomic mass is 19.1. The van der Waals surface area contributed by atoms with E-state index in [0.29, 0.717) is 0 Å². The van der Waals surface area contributed by atoms with Gasteiger partial charge in [0.05, 0.1) is 19.8 Å². The second kappa shape index (κ2) is 9.78. The number of nitrogens with zero attached hydrogens (tertiary/aromatic N) is 2. The van der Waals surface area contributed by atoms with Gasteiger partial charge in [-0.05, 0) is 49.4 Å². The molecule has 2 aromatic rings. The molecule has 0 bridgehead atoms. The lowest BCUT2D eigenvalue weighted by Gasteiger charge is -2.26. The fourth-order valence-corrected chi connectivity index (χ4v) is 3.27. The van der Waals surface area contributed by atoms with E-state index >= 15 is 0 Å². The van der Waals surface area contributed by atoms with Gasteiger partial charge < -0.3 is 10.1 Å². The van der Waals surface area contributed by atoms with Gasteiger partial charge in [0.1, 0.15) is 5.82 Å². The largest absolute Gasteiger partial charge is 0.379 e. The van der Waals surface area contributed by atoms with Crippen molar-refractivity contribution in [3.63, 3.8) is 0 Å². The lowest BCUT2D eigenvalue weighted by atomic mass is 10.1. The Kier molecular flexibility index (Phi) is 7.14. The molecule has 0 radical (unpaired) electrons. The van der Waals surface area contributed by atoms with Crippen LogP contribution in [0.25, 0.3) is 0 Å². The number of amides is 1. The highest BCUT2D eigenvalue weighted by molar-refractivity contribution is 5.92. The molecular formula is C22H28FN3O2. The van der Waals surface area contributed by atoms with Gasteiger partial charge in [0.15, 0.2) is 0 Å². The van der Waals surface area contributed by atoms with Crippen LogP contribution in [0, 0.1) is 5.82 Å². The van der Waals surface area contributed by atoms with Crippen LogP contribution in [0.3, 0.4) is 0 Å². The number of hydrogen-bond acceptors (Lipinski definition) is 4. The molecule has 1 amide bonds. The molecule has 5 nitrogen and oxygen atoms in total. The normalized spacial score (nSPS) is 16.1. The lowest BCUT2D eigenvalue weighted by molar-refractivity contribution is -0.117. The van der Waals surface area contributed by atoms with Crippen LogP contribution in [-0.2, 0) is 16.1 Å². The number of halogens is 1. The van der Waals surface area contributed by atoms with Crippen molar-refractivity contribution in [1.29, 1.82) is 0 Å². The van der Waals surface area contributed by atoms with Crippen molar-refractivity contribution in [3.8, 4) is 0 Å². The van der Waals surface area contributed by atoms with Crippen molar-refractivity contribution in [3.05, 3.63) is 65.5 Å². The van der Waals surface area contributed by atoms with Crippen molar-refractivity contribution in [2.45, 2.75) is 19.5 Å². The third-order valence-corrected chi connectivity index (χ3v) is 5.15. The van der Waals surface area contributed by atoms with Crippen LogP contribution >= 0.6 is 0 Å². The molecule has 2 aromatic carbocycles. The quantitative estimate of drug-likeness (QED) is 0.794. The number of benzene rings is 2. The van der Waals surface area contributed by atoms with Crippen molar-refractivity contribution < 1.29 is 13.9 Å². The van der Waals surface area contributed by atoms with E-state index in [4.69, 9.17) is 4.74 Å². The Hall–Kier alpha value is -2.28. The number of rotatable bonds is 7. The minimum absolute atomic E-state index is 0.0160. The average molecular weight is 385 g/mol. The highest BCUT2D eigenvalue weighted by Crippen LogP contribution is 2.19. The number of anilines is 1. The Balaban J connectivity index is 1.49. The van der Waals surface area contributed by atoms with Gasteiger partial charge in [0.25, 0.3) is 0 Å². The summed E-state index contributed by atoms with van der Waals surface area (Å²) in [5.74, 6) is -0.328. The molecule has 1 N–H and O–H groups in total. The number of ether oxygens (including phenoxy) is 1. The lowest BCUT2D eigenvalue weighted by Crippen LogP contribution is -2.35. The standard InChI is InChI=1S/C22H28FN3O2/c1-17(19-5-7-20(23)8-6-19)25(2)16-22(27)24-21-9-3-18(4-10-21)15-26-11-13-28-14-12-26/h3-10,17H,11-16H2,1-2H3,(H,24,27). The van der Waals surface area contributed by atoms with Crippen molar-refractivity contribution >= 4 is 11.6 Å². The second-order valence-electron chi connectivity index (χ2n) is 7.28. The van der Waals surface area contributed by atoms with Crippen LogP contribution in [0.4, 0.5) is 10.1 Å². The summed E-state index contributed by atoms with van der Waals surface area (Å²) < 4.78 is 18.4. The minimum Gasteiger partial charge on any atom is -0.379 e. The first-order valence-corrected chi connectivity index (χ1v) is 9.66. The van der Waals surface area contributed by atoms with Gasteiger partial charge in [0.2, 0.25) is 5.91 Å². The molecular weight excluding hydrogens is 357 g/mol. The Morgan fingerprint density at radius 3 is 2.43 bits per heavy atom. The molecule has 1 atom stereocenters. The van der Waals surface area contributed by atoms with E-state index in [-0.39, 0.29) is 24.3 Å². The van der Waals surface area contributed by atoms with Gasteiger partial charge in [-0.2, -0.15) is 0 Å². The first-order valence-electron chi connectivity index (χ1n) is 9.66. The molecule has 1 unspecified atom stereocenters. The molecule has 0 saturated carbocycles. The SMILES string of the molecule is CC(c1ccc(F)cc1)N(C)CC(=O)Nc1ccc(CN2CCOCC2)cc1. The number of carbonyl (C=O) groups excluding carboxylic acids is 1. The summed E-state index contributed by atoms with van der Waals surface area (Å²) in [6.45, 7) is 6.65. The number of nitrogens with one attached hydrogen (secondary N) is 1. The molecule has 0 aliphatic carbocycles. The van der Waals surface area contributed by atoms with E-state index in [1.807, 2.05) is 31.0 Å². The summed E-state index contributed by atoms with van der Waals surface area (Å²) >= 11 is 0. The molecule has 1 heterocycles. The molecule has 6 heteroatoms. The van der Waals surface area contributed by atoms with E-state index in [2.05, 4.69) is 22.3 Å². The topological polar surface area (TPSA) is 44.8 Å². The fourth-order valence-electron chi connectivity index (χ4n) is 3.27.